The van der Waals surface area contributed by atoms with Crippen molar-refractivity contribution < 1.29 is 13.5 Å². The molecule has 0 spiro atoms. The van der Waals surface area contributed by atoms with Crippen LogP contribution in [-0.2, 0) is 6.54 Å². The average Bonchev–Trinajstić information content (AvgIpc) is 2.49. The van der Waals surface area contributed by atoms with Gasteiger partial charge in [0, 0.05) is 12.6 Å². The van der Waals surface area contributed by atoms with Gasteiger partial charge in [0.25, 0.3) is 0 Å². The lowest BCUT2D eigenvalue weighted by atomic mass is 10.1. The molecule has 118 valence electrons. The summed E-state index contributed by atoms with van der Waals surface area (Å²) in [6, 6.07) is 9.88. The van der Waals surface area contributed by atoms with E-state index in [4.69, 9.17) is 4.74 Å². The van der Waals surface area contributed by atoms with Gasteiger partial charge >= 0.3 is 0 Å². The first-order chi connectivity index (χ1) is 10.4. The van der Waals surface area contributed by atoms with Gasteiger partial charge in [-0.2, -0.15) is 0 Å². The Morgan fingerprint density at radius 1 is 1.14 bits per heavy atom. The maximum atomic E-state index is 13.4. The van der Waals surface area contributed by atoms with Gasteiger partial charge in [-0.05, 0) is 65.3 Å². The highest BCUT2D eigenvalue weighted by molar-refractivity contribution is 9.10. The molecule has 0 aromatic heterocycles. The van der Waals surface area contributed by atoms with Crippen molar-refractivity contribution in [2.45, 2.75) is 19.5 Å². The Hall–Kier alpha value is -1.46. The van der Waals surface area contributed by atoms with Gasteiger partial charge in [0.15, 0.2) is 11.6 Å². The first-order valence-corrected chi connectivity index (χ1v) is 7.69. The van der Waals surface area contributed by atoms with E-state index in [1.165, 1.54) is 12.1 Å². The van der Waals surface area contributed by atoms with E-state index in [0.29, 0.717) is 6.54 Å². The van der Waals surface area contributed by atoms with Gasteiger partial charge in [-0.1, -0.05) is 12.1 Å². The van der Waals surface area contributed by atoms with Crippen molar-refractivity contribution in [2.75, 3.05) is 14.2 Å². The first-order valence-electron chi connectivity index (χ1n) is 6.90. The van der Waals surface area contributed by atoms with Crippen LogP contribution in [0.1, 0.15) is 24.1 Å². The molecule has 0 aliphatic carbocycles. The minimum Gasteiger partial charge on any atom is -0.496 e. The number of halogens is 3. The summed E-state index contributed by atoms with van der Waals surface area (Å²) in [5.74, 6) is -0.859. The number of nitrogens with zero attached hydrogens (tertiary/aromatic N) is 1. The topological polar surface area (TPSA) is 12.5 Å². The van der Waals surface area contributed by atoms with E-state index in [-0.39, 0.29) is 6.04 Å². The summed E-state index contributed by atoms with van der Waals surface area (Å²) in [5, 5.41) is 0. The molecule has 1 atom stereocenters. The molecule has 5 heteroatoms. The highest BCUT2D eigenvalue weighted by atomic mass is 79.9. The molecule has 22 heavy (non-hydrogen) atoms. The minimum absolute atomic E-state index is 0.0315. The molecule has 0 heterocycles. The lowest BCUT2D eigenvalue weighted by Gasteiger charge is -2.25. The number of hydrogen-bond acceptors (Lipinski definition) is 2. The summed E-state index contributed by atoms with van der Waals surface area (Å²) >= 11 is 3.46. The van der Waals surface area contributed by atoms with Crippen LogP contribution in [0.25, 0.3) is 0 Å². The molecule has 0 bridgehead atoms. The maximum absolute atomic E-state index is 13.4. The van der Waals surface area contributed by atoms with Crippen molar-refractivity contribution in [2.24, 2.45) is 0 Å². The van der Waals surface area contributed by atoms with Crippen LogP contribution in [-0.4, -0.2) is 19.1 Å². The Balaban J connectivity index is 2.12. The van der Waals surface area contributed by atoms with Crippen LogP contribution in [0.3, 0.4) is 0 Å². The van der Waals surface area contributed by atoms with E-state index in [9.17, 15) is 8.78 Å². The van der Waals surface area contributed by atoms with Crippen molar-refractivity contribution in [1.29, 1.82) is 0 Å². The normalized spacial score (nSPS) is 12.5. The zero-order chi connectivity index (χ0) is 16.3. The minimum atomic E-state index is -0.822. The van der Waals surface area contributed by atoms with Crippen LogP contribution in [0.2, 0.25) is 0 Å². The Morgan fingerprint density at radius 3 is 2.45 bits per heavy atom. The number of methoxy groups -OCH3 is 1. The van der Waals surface area contributed by atoms with E-state index in [1.807, 2.05) is 32.2 Å². The third-order valence-corrected chi connectivity index (χ3v) is 4.36. The molecule has 2 rings (SSSR count). The van der Waals surface area contributed by atoms with E-state index < -0.39 is 11.6 Å². The van der Waals surface area contributed by atoms with Gasteiger partial charge in [0.2, 0.25) is 0 Å². The molecular weight excluding hydrogens is 352 g/mol. The van der Waals surface area contributed by atoms with E-state index in [1.54, 1.807) is 13.2 Å². The second-order valence-electron chi connectivity index (χ2n) is 5.23. The second kappa shape index (κ2) is 7.20. The van der Waals surface area contributed by atoms with Crippen molar-refractivity contribution in [3.63, 3.8) is 0 Å². The first kappa shape index (κ1) is 16.9. The third-order valence-electron chi connectivity index (χ3n) is 3.74. The molecule has 0 aliphatic heterocycles. The van der Waals surface area contributed by atoms with Crippen molar-refractivity contribution in [3.8, 4) is 5.75 Å². The SMILES string of the molecule is COc1ccc(CN(C)C(C)c2ccc(F)c(F)c2)cc1Br. The van der Waals surface area contributed by atoms with Gasteiger partial charge in [0.1, 0.15) is 5.75 Å². The molecule has 0 radical (unpaired) electrons. The van der Waals surface area contributed by atoms with Crippen LogP contribution in [0.15, 0.2) is 40.9 Å². The second-order valence-corrected chi connectivity index (χ2v) is 6.09. The van der Waals surface area contributed by atoms with Gasteiger partial charge in [-0.25, -0.2) is 8.78 Å². The highest BCUT2D eigenvalue weighted by Gasteiger charge is 2.14. The fraction of sp³-hybridized carbons (Fsp3) is 0.294. The fourth-order valence-corrected chi connectivity index (χ4v) is 2.85. The Bertz CT molecular complexity index is 663. The molecule has 0 saturated heterocycles. The van der Waals surface area contributed by atoms with Gasteiger partial charge in [-0.3, -0.25) is 4.90 Å². The Kier molecular flexibility index (Phi) is 5.53. The zero-order valence-electron chi connectivity index (χ0n) is 12.7. The molecule has 0 amide bonds. The quantitative estimate of drug-likeness (QED) is 0.740. The van der Waals surface area contributed by atoms with Gasteiger partial charge < -0.3 is 4.74 Å². The third kappa shape index (κ3) is 3.84. The average molecular weight is 370 g/mol. The van der Waals surface area contributed by atoms with Crippen LogP contribution < -0.4 is 4.74 Å². The lowest BCUT2D eigenvalue weighted by molar-refractivity contribution is 0.252. The standard InChI is InChI=1S/C17H18BrF2NO/c1-11(13-5-6-15(19)16(20)9-13)21(2)10-12-4-7-17(22-3)14(18)8-12/h4-9,11H,10H2,1-3H3. The van der Waals surface area contributed by atoms with Crippen LogP contribution in [0, 0.1) is 11.6 Å². The Labute approximate surface area is 137 Å². The smallest absolute Gasteiger partial charge is 0.159 e. The molecule has 0 saturated carbocycles. The largest absolute Gasteiger partial charge is 0.496 e. The molecule has 0 aliphatic rings. The summed E-state index contributed by atoms with van der Waals surface area (Å²) in [4.78, 5) is 2.07. The molecule has 0 fully saturated rings. The summed E-state index contributed by atoms with van der Waals surface area (Å²) in [5.41, 5.74) is 1.85. The summed E-state index contributed by atoms with van der Waals surface area (Å²) in [7, 11) is 3.57. The zero-order valence-corrected chi connectivity index (χ0v) is 14.3. The van der Waals surface area contributed by atoms with Crippen molar-refractivity contribution in [3.05, 3.63) is 63.6 Å². The molecule has 2 aromatic rings. The van der Waals surface area contributed by atoms with Gasteiger partial charge in [-0.15, -0.1) is 0 Å². The molecule has 2 nitrogen and oxygen atoms in total. The van der Waals surface area contributed by atoms with Crippen LogP contribution >= 0.6 is 15.9 Å². The highest BCUT2D eigenvalue weighted by Crippen LogP contribution is 2.27. The molecule has 2 aromatic carbocycles. The monoisotopic (exact) mass is 369 g/mol. The number of ether oxygens (including phenoxy) is 1. The molecular formula is C17H18BrF2NO. The van der Waals surface area contributed by atoms with E-state index in [2.05, 4.69) is 20.8 Å². The van der Waals surface area contributed by atoms with Crippen LogP contribution in [0.5, 0.6) is 5.75 Å². The fourth-order valence-electron chi connectivity index (χ4n) is 2.26. The predicted octanol–water partition coefficient (Wildman–Crippen LogP) is 4.93. The van der Waals surface area contributed by atoms with Crippen molar-refractivity contribution >= 4 is 15.9 Å². The maximum Gasteiger partial charge on any atom is 0.159 e. The van der Waals surface area contributed by atoms with E-state index >= 15 is 0 Å². The van der Waals surface area contributed by atoms with Crippen molar-refractivity contribution in [1.82, 2.24) is 4.90 Å². The van der Waals surface area contributed by atoms with Crippen LogP contribution in [0.4, 0.5) is 8.78 Å². The predicted molar refractivity (Wildman–Crippen MR) is 86.9 cm³/mol. The van der Waals surface area contributed by atoms with Gasteiger partial charge in [0.05, 0.1) is 11.6 Å². The molecule has 1 unspecified atom stereocenters. The number of rotatable bonds is 5. The summed E-state index contributed by atoms with van der Waals surface area (Å²) in [6.45, 7) is 2.65. The number of benzene rings is 2. The molecule has 0 N–H and O–H groups in total. The van der Waals surface area contributed by atoms with E-state index in [0.717, 1.165) is 21.3 Å². The summed E-state index contributed by atoms with van der Waals surface area (Å²) < 4.78 is 32.5. The number of hydrogen-bond donors (Lipinski definition) is 0. The lowest BCUT2D eigenvalue weighted by Crippen LogP contribution is -2.22. The summed E-state index contributed by atoms with van der Waals surface area (Å²) in [6.07, 6.45) is 0. The Morgan fingerprint density at radius 2 is 1.86 bits per heavy atom.